The van der Waals surface area contributed by atoms with Crippen LogP contribution in [-0.4, -0.2) is 23.3 Å². The van der Waals surface area contributed by atoms with Crippen LogP contribution in [0, 0.1) is 0 Å². The number of aromatic nitrogens is 1. The van der Waals surface area contributed by atoms with Crippen molar-refractivity contribution in [3.8, 4) is 17.1 Å². The number of hydrogen-bond donors (Lipinski definition) is 1. The highest BCUT2D eigenvalue weighted by Gasteiger charge is 2.20. The number of hydrogen-bond acceptors (Lipinski definition) is 4. The number of benzene rings is 1. The predicted octanol–water partition coefficient (Wildman–Crippen LogP) is 2.81. The zero-order chi connectivity index (χ0) is 12.4. The van der Waals surface area contributed by atoms with Crippen LogP contribution in [0.25, 0.3) is 11.3 Å². The Hall–Kier alpha value is -1.82. The number of carbonyl (C=O) groups is 1. The lowest BCUT2D eigenvalue weighted by atomic mass is 10.1. The minimum Gasteiger partial charge on any atom is -0.497 e. The summed E-state index contributed by atoms with van der Waals surface area (Å²) in [5, 5.41) is 12.3. The Morgan fingerprint density at radius 2 is 2.29 bits per heavy atom. The minimum atomic E-state index is -1.14. The molecule has 1 aromatic heterocycles. The number of methoxy groups -OCH3 is 1. The van der Waals surface area contributed by atoms with Gasteiger partial charge in [-0.2, -0.15) is 0 Å². The van der Waals surface area contributed by atoms with E-state index in [0.717, 1.165) is 0 Å². The molecule has 0 bridgehead atoms. The van der Waals surface area contributed by atoms with Crippen molar-refractivity contribution in [1.82, 2.24) is 5.16 Å². The van der Waals surface area contributed by atoms with Gasteiger partial charge in [-0.3, -0.25) is 0 Å². The van der Waals surface area contributed by atoms with Crippen LogP contribution >= 0.6 is 15.9 Å². The molecule has 1 N–H and O–H groups in total. The van der Waals surface area contributed by atoms with Gasteiger partial charge in [0.2, 0.25) is 5.69 Å². The van der Waals surface area contributed by atoms with Crippen LogP contribution < -0.4 is 4.74 Å². The molecule has 0 atom stereocenters. The molecule has 5 nitrogen and oxygen atoms in total. The van der Waals surface area contributed by atoms with Crippen molar-refractivity contribution in [2.45, 2.75) is 0 Å². The Bertz CT molecular complexity index is 564. The number of carboxylic acids is 1. The van der Waals surface area contributed by atoms with Crippen LogP contribution in [0.5, 0.6) is 5.75 Å². The monoisotopic (exact) mass is 297 g/mol. The first kappa shape index (κ1) is 11.7. The zero-order valence-corrected chi connectivity index (χ0v) is 10.4. The number of halogens is 1. The topological polar surface area (TPSA) is 72.6 Å². The molecule has 2 rings (SSSR count). The van der Waals surface area contributed by atoms with Crippen LogP contribution in [0.4, 0.5) is 0 Å². The van der Waals surface area contributed by atoms with Crippen molar-refractivity contribution >= 4 is 21.9 Å². The molecule has 0 amide bonds. The summed E-state index contributed by atoms with van der Waals surface area (Å²) in [5.41, 5.74) is 0.541. The molecule has 0 spiro atoms. The maximum absolute atomic E-state index is 10.8. The summed E-state index contributed by atoms with van der Waals surface area (Å²) >= 11 is 3.16. The van der Waals surface area contributed by atoms with Gasteiger partial charge >= 0.3 is 5.97 Å². The predicted molar refractivity (Wildman–Crippen MR) is 63.2 cm³/mol. The van der Waals surface area contributed by atoms with Gasteiger partial charge in [0.25, 0.3) is 0 Å². The summed E-state index contributed by atoms with van der Waals surface area (Å²) < 4.78 is 10.4. The molecule has 2 aromatic rings. The van der Waals surface area contributed by atoms with Gasteiger partial charge in [-0.25, -0.2) is 4.79 Å². The average Bonchev–Trinajstić information content (AvgIpc) is 2.71. The van der Waals surface area contributed by atoms with Crippen LogP contribution in [0.2, 0.25) is 0 Å². The van der Waals surface area contributed by atoms with E-state index in [1.807, 2.05) is 0 Å². The molecule has 0 aliphatic heterocycles. The van der Waals surface area contributed by atoms with Gasteiger partial charge in [0.15, 0.2) is 5.76 Å². The van der Waals surface area contributed by atoms with E-state index < -0.39 is 5.97 Å². The number of aromatic carboxylic acids is 1. The molecule has 0 saturated carbocycles. The van der Waals surface area contributed by atoms with E-state index in [1.54, 1.807) is 31.4 Å². The summed E-state index contributed by atoms with van der Waals surface area (Å²) in [7, 11) is 1.55. The van der Waals surface area contributed by atoms with E-state index in [4.69, 9.17) is 14.4 Å². The van der Waals surface area contributed by atoms with E-state index in [9.17, 15) is 4.79 Å². The number of carboxylic acid groups (broad SMARTS) is 1. The van der Waals surface area contributed by atoms with Gasteiger partial charge in [-0.15, -0.1) is 0 Å². The van der Waals surface area contributed by atoms with E-state index in [0.29, 0.717) is 21.5 Å². The van der Waals surface area contributed by atoms with Gasteiger partial charge in [0, 0.05) is 5.56 Å². The number of ether oxygens (including phenoxy) is 1. The summed E-state index contributed by atoms with van der Waals surface area (Å²) in [5.74, 6) is -0.126. The van der Waals surface area contributed by atoms with Gasteiger partial charge in [-0.05, 0) is 28.1 Å². The van der Waals surface area contributed by atoms with E-state index in [2.05, 4.69) is 21.1 Å². The molecule has 0 radical (unpaired) electrons. The summed E-state index contributed by atoms with van der Waals surface area (Å²) in [6.07, 6.45) is 0. The van der Waals surface area contributed by atoms with Crippen LogP contribution in [0.1, 0.15) is 10.5 Å². The number of rotatable bonds is 3. The molecule has 6 heteroatoms. The highest BCUT2D eigenvalue weighted by atomic mass is 79.9. The first-order valence-corrected chi connectivity index (χ1v) is 5.45. The van der Waals surface area contributed by atoms with Crippen LogP contribution in [-0.2, 0) is 0 Å². The van der Waals surface area contributed by atoms with Crippen molar-refractivity contribution in [3.63, 3.8) is 0 Å². The summed E-state index contributed by atoms with van der Waals surface area (Å²) in [6.45, 7) is 0. The third kappa shape index (κ3) is 2.16. The fourth-order valence-electron chi connectivity index (χ4n) is 1.36. The van der Waals surface area contributed by atoms with Crippen molar-refractivity contribution in [2.24, 2.45) is 0 Å². The SMILES string of the molecule is COc1cccc(-c2onc(C(=O)O)c2Br)c1. The Kier molecular flexibility index (Phi) is 3.14. The Morgan fingerprint density at radius 3 is 2.88 bits per heavy atom. The van der Waals surface area contributed by atoms with Crippen molar-refractivity contribution in [1.29, 1.82) is 0 Å². The Morgan fingerprint density at radius 1 is 1.53 bits per heavy atom. The first-order chi connectivity index (χ1) is 8.13. The molecular formula is C11H8BrNO4. The van der Waals surface area contributed by atoms with Gasteiger partial charge in [0.1, 0.15) is 10.2 Å². The fraction of sp³-hybridized carbons (Fsp3) is 0.0909. The highest BCUT2D eigenvalue weighted by Crippen LogP contribution is 2.32. The molecule has 1 aromatic carbocycles. The number of nitrogens with zero attached hydrogens (tertiary/aromatic N) is 1. The smallest absolute Gasteiger partial charge is 0.359 e. The normalized spacial score (nSPS) is 10.2. The summed E-state index contributed by atoms with van der Waals surface area (Å²) in [4.78, 5) is 10.8. The molecule has 0 unspecified atom stereocenters. The second-order valence-corrected chi connectivity index (χ2v) is 4.00. The Labute approximate surface area is 105 Å². The largest absolute Gasteiger partial charge is 0.497 e. The van der Waals surface area contributed by atoms with Crippen molar-refractivity contribution in [2.75, 3.05) is 7.11 Å². The minimum absolute atomic E-state index is 0.150. The second-order valence-electron chi connectivity index (χ2n) is 3.21. The average molecular weight is 298 g/mol. The first-order valence-electron chi connectivity index (χ1n) is 4.66. The Balaban J connectivity index is 2.49. The quantitative estimate of drug-likeness (QED) is 0.943. The molecular weight excluding hydrogens is 290 g/mol. The highest BCUT2D eigenvalue weighted by molar-refractivity contribution is 9.10. The van der Waals surface area contributed by atoms with Gasteiger partial charge in [0.05, 0.1) is 7.11 Å². The van der Waals surface area contributed by atoms with E-state index >= 15 is 0 Å². The molecule has 0 aliphatic carbocycles. The molecule has 88 valence electrons. The van der Waals surface area contributed by atoms with Crippen molar-refractivity contribution in [3.05, 3.63) is 34.4 Å². The van der Waals surface area contributed by atoms with Gasteiger partial charge < -0.3 is 14.4 Å². The van der Waals surface area contributed by atoms with Crippen LogP contribution in [0.3, 0.4) is 0 Å². The fourth-order valence-corrected chi connectivity index (χ4v) is 1.90. The third-order valence-corrected chi connectivity index (χ3v) is 2.91. The second kappa shape index (κ2) is 4.58. The van der Waals surface area contributed by atoms with Crippen molar-refractivity contribution < 1.29 is 19.2 Å². The maximum Gasteiger partial charge on any atom is 0.359 e. The standard InChI is InChI=1S/C11H8BrNO4/c1-16-7-4-2-3-6(5-7)10-8(12)9(11(14)15)13-17-10/h2-5H,1H3,(H,14,15). The summed E-state index contributed by atoms with van der Waals surface area (Å²) in [6, 6.07) is 7.08. The third-order valence-electron chi connectivity index (χ3n) is 2.17. The molecule has 0 saturated heterocycles. The molecule has 0 fully saturated rings. The van der Waals surface area contributed by atoms with E-state index in [1.165, 1.54) is 0 Å². The van der Waals surface area contributed by atoms with E-state index in [-0.39, 0.29) is 5.69 Å². The molecule has 17 heavy (non-hydrogen) atoms. The van der Waals surface area contributed by atoms with Gasteiger partial charge in [-0.1, -0.05) is 17.3 Å². The molecule has 0 aliphatic rings. The lowest BCUT2D eigenvalue weighted by molar-refractivity contribution is 0.0685. The zero-order valence-electron chi connectivity index (χ0n) is 8.81. The lowest BCUT2D eigenvalue weighted by Crippen LogP contribution is -1.96. The maximum atomic E-state index is 10.8. The van der Waals surface area contributed by atoms with Crippen LogP contribution in [0.15, 0.2) is 33.3 Å². The molecule has 1 heterocycles. The lowest BCUT2D eigenvalue weighted by Gasteiger charge is -2.01.